The van der Waals surface area contributed by atoms with Gasteiger partial charge < -0.3 is 5.11 Å². The second kappa shape index (κ2) is 6.33. The van der Waals surface area contributed by atoms with Gasteiger partial charge in [0.05, 0.1) is 11.2 Å². The summed E-state index contributed by atoms with van der Waals surface area (Å²) in [5.41, 5.74) is 2.00. The second-order valence-electron chi connectivity index (χ2n) is 6.82. The van der Waals surface area contributed by atoms with Gasteiger partial charge in [0.15, 0.2) is 0 Å². The minimum atomic E-state index is -3.39. The van der Waals surface area contributed by atoms with E-state index < -0.39 is 21.4 Å². The average molecular weight is 349 g/mol. The molecule has 3 rings (SSSR count). The summed E-state index contributed by atoms with van der Waals surface area (Å²) in [7, 11) is -3.39. The first-order chi connectivity index (χ1) is 11.3. The fourth-order valence-corrected chi connectivity index (χ4v) is 5.10. The Labute approximate surface area is 143 Å². The largest absolute Gasteiger partial charge is 0.481 e. The van der Waals surface area contributed by atoms with Crippen molar-refractivity contribution in [1.82, 2.24) is 4.31 Å². The molecule has 130 valence electrons. The summed E-state index contributed by atoms with van der Waals surface area (Å²) < 4.78 is 26.7. The molecule has 1 aliphatic heterocycles. The molecule has 1 aromatic carbocycles. The summed E-state index contributed by atoms with van der Waals surface area (Å²) in [6.45, 7) is 2.59. The molecule has 0 aromatic heterocycles. The van der Waals surface area contributed by atoms with Crippen molar-refractivity contribution < 1.29 is 18.3 Å². The van der Waals surface area contributed by atoms with Gasteiger partial charge in [0.2, 0.25) is 10.0 Å². The first kappa shape index (κ1) is 17.2. The van der Waals surface area contributed by atoms with Crippen LogP contribution in [0.15, 0.2) is 35.9 Å². The van der Waals surface area contributed by atoms with Crippen molar-refractivity contribution >= 4 is 16.0 Å². The quantitative estimate of drug-likeness (QED) is 0.830. The van der Waals surface area contributed by atoms with Gasteiger partial charge in [-0.15, -0.1) is 0 Å². The molecule has 1 aromatic rings. The summed E-state index contributed by atoms with van der Waals surface area (Å²) in [4.78, 5) is 11.6. The van der Waals surface area contributed by atoms with E-state index in [1.807, 2.05) is 37.3 Å². The van der Waals surface area contributed by atoms with E-state index >= 15 is 0 Å². The SMILES string of the molecule is Cc1cccc(CS(=O)(=O)N2CC=C(C3(C(=O)O)CCC3)CC2)c1. The maximum Gasteiger partial charge on any atom is 0.313 e. The lowest BCUT2D eigenvalue weighted by Crippen LogP contribution is -2.44. The van der Waals surface area contributed by atoms with Crippen LogP contribution in [0.2, 0.25) is 0 Å². The number of sulfonamides is 1. The molecule has 1 saturated carbocycles. The van der Waals surface area contributed by atoms with Crippen molar-refractivity contribution in [2.24, 2.45) is 5.41 Å². The van der Waals surface area contributed by atoms with Crippen LogP contribution >= 0.6 is 0 Å². The van der Waals surface area contributed by atoms with Crippen LogP contribution in [0.3, 0.4) is 0 Å². The minimum Gasteiger partial charge on any atom is -0.481 e. The molecule has 24 heavy (non-hydrogen) atoms. The highest BCUT2D eigenvalue weighted by molar-refractivity contribution is 7.88. The lowest BCUT2D eigenvalue weighted by Gasteiger charge is -2.42. The molecule has 1 N–H and O–H groups in total. The number of aryl methyl sites for hydroxylation is 1. The molecule has 0 radical (unpaired) electrons. The minimum absolute atomic E-state index is 0.0120. The Hall–Kier alpha value is -1.66. The predicted octanol–water partition coefficient (Wildman–Crippen LogP) is 2.71. The smallest absolute Gasteiger partial charge is 0.313 e. The van der Waals surface area contributed by atoms with Gasteiger partial charge in [0.25, 0.3) is 0 Å². The summed E-state index contributed by atoms with van der Waals surface area (Å²) in [6.07, 6.45) is 4.61. The van der Waals surface area contributed by atoms with Crippen molar-refractivity contribution in [3.63, 3.8) is 0 Å². The number of carboxylic acids is 1. The van der Waals surface area contributed by atoms with Crippen molar-refractivity contribution in [3.8, 4) is 0 Å². The van der Waals surface area contributed by atoms with Crippen LogP contribution in [0.4, 0.5) is 0 Å². The van der Waals surface area contributed by atoms with Gasteiger partial charge in [-0.05, 0) is 31.7 Å². The van der Waals surface area contributed by atoms with Gasteiger partial charge >= 0.3 is 5.97 Å². The van der Waals surface area contributed by atoms with Crippen molar-refractivity contribution in [2.45, 2.75) is 38.4 Å². The van der Waals surface area contributed by atoms with E-state index in [0.717, 1.165) is 23.1 Å². The van der Waals surface area contributed by atoms with E-state index in [2.05, 4.69) is 0 Å². The van der Waals surface area contributed by atoms with Crippen LogP contribution in [-0.4, -0.2) is 36.9 Å². The number of aliphatic carboxylic acids is 1. The normalized spacial score (nSPS) is 21.0. The highest BCUT2D eigenvalue weighted by Gasteiger charge is 2.48. The predicted molar refractivity (Wildman–Crippen MR) is 92.0 cm³/mol. The molecule has 1 heterocycles. The van der Waals surface area contributed by atoms with E-state index in [0.29, 0.717) is 25.8 Å². The van der Waals surface area contributed by atoms with Gasteiger partial charge in [0, 0.05) is 13.1 Å². The van der Waals surface area contributed by atoms with Crippen molar-refractivity contribution in [3.05, 3.63) is 47.0 Å². The Morgan fingerprint density at radius 3 is 2.58 bits per heavy atom. The maximum absolute atomic E-state index is 12.6. The van der Waals surface area contributed by atoms with E-state index in [1.165, 1.54) is 4.31 Å². The molecule has 0 spiro atoms. The molecule has 6 heteroatoms. The molecular formula is C18H23NO4S. The van der Waals surface area contributed by atoms with Crippen LogP contribution in [-0.2, 0) is 20.6 Å². The Morgan fingerprint density at radius 1 is 1.33 bits per heavy atom. The lowest BCUT2D eigenvalue weighted by molar-refractivity contribution is -0.151. The molecular weight excluding hydrogens is 326 g/mol. The third kappa shape index (κ3) is 3.13. The van der Waals surface area contributed by atoms with Crippen molar-refractivity contribution in [2.75, 3.05) is 13.1 Å². The van der Waals surface area contributed by atoms with Crippen LogP contribution in [0.25, 0.3) is 0 Å². The second-order valence-corrected chi connectivity index (χ2v) is 8.79. The first-order valence-corrected chi connectivity index (χ1v) is 9.91. The topological polar surface area (TPSA) is 74.7 Å². The Morgan fingerprint density at radius 2 is 2.08 bits per heavy atom. The molecule has 1 fully saturated rings. The molecule has 0 saturated heterocycles. The summed E-state index contributed by atoms with van der Waals surface area (Å²) >= 11 is 0. The van der Waals surface area contributed by atoms with Crippen LogP contribution in [0.5, 0.6) is 0 Å². The van der Waals surface area contributed by atoms with Gasteiger partial charge in [-0.1, -0.05) is 47.9 Å². The molecule has 2 aliphatic rings. The molecule has 1 aliphatic carbocycles. The monoisotopic (exact) mass is 349 g/mol. The Balaban J connectivity index is 1.72. The first-order valence-electron chi connectivity index (χ1n) is 8.30. The van der Waals surface area contributed by atoms with Crippen LogP contribution < -0.4 is 0 Å². The van der Waals surface area contributed by atoms with Gasteiger partial charge in [-0.2, -0.15) is 4.31 Å². The number of carboxylic acid groups (broad SMARTS) is 1. The van der Waals surface area contributed by atoms with Gasteiger partial charge in [-0.3, -0.25) is 4.79 Å². The number of nitrogens with zero attached hydrogens (tertiary/aromatic N) is 1. The van der Waals surface area contributed by atoms with E-state index in [1.54, 1.807) is 0 Å². The lowest BCUT2D eigenvalue weighted by atomic mass is 9.63. The average Bonchev–Trinajstić information content (AvgIpc) is 2.45. The number of benzene rings is 1. The van der Waals surface area contributed by atoms with E-state index in [9.17, 15) is 18.3 Å². The number of hydrogen-bond donors (Lipinski definition) is 1. The number of rotatable bonds is 5. The van der Waals surface area contributed by atoms with E-state index in [-0.39, 0.29) is 12.3 Å². The number of hydrogen-bond acceptors (Lipinski definition) is 3. The highest BCUT2D eigenvalue weighted by Crippen LogP contribution is 2.49. The highest BCUT2D eigenvalue weighted by atomic mass is 32.2. The standard InChI is InChI=1S/C18H23NO4S/c1-14-4-2-5-15(12-14)13-24(22,23)19-10-6-16(7-11-19)18(17(20)21)8-3-9-18/h2,4-6,12H,3,7-11,13H2,1H3,(H,20,21). The Kier molecular flexibility index (Phi) is 4.53. The van der Waals surface area contributed by atoms with Gasteiger partial charge in [0.1, 0.15) is 0 Å². The summed E-state index contributed by atoms with van der Waals surface area (Å²) in [5.74, 6) is -0.780. The third-order valence-corrected chi connectivity index (χ3v) is 7.04. The van der Waals surface area contributed by atoms with Crippen LogP contribution in [0.1, 0.15) is 36.8 Å². The molecule has 0 atom stereocenters. The summed E-state index contributed by atoms with van der Waals surface area (Å²) in [5, 5.41) is 9.51. The maximum atomic E-state index is 12.6. The van der Waals surface area contributed by atoms with E-state index in [4.69, 9.17) is 0 Å². The third-order valence-electron chi connectivity index (χ3n) is 5.23. The summed E-state index contributed by atoms with van der Waals surface area (Å²) in [6, 6.07) is 7.51. The van der Waals surface area contributed by atoms with Crippen LogP contribution in [0, 0.1) is 12.3 Å². The van der Waals surface area contributed by atoms with Gasteiger partial charge in [-0.25, -0.2) is 8.42 Å². The zero-order valence-corrected chi connectivity index (χ0v) is 14.7. The molecule has 5 nitrogen and oxygen atoms in total. The number of carbonyl (C=O) groups is 1. The molecule has 0 bridgehead atoms. The fourth-order valence-electron chi connectivity index (χ4n) is 3.64. The molecule has 0 amide bonds. The fraction of sp³-hybridized carbons (Fsp3) is 0.500. The Bertz CT molecular complexity index is 778. The zero-order valence-electron chi connectivity index (χ0n) is 13.9. The van der Waals surface area contributed by atoms with Crippen molar-refractivity contribution in [1.29, 1.82) is 0 Å². The molecule has 0 unspecified atom stereocenters. The zero-order chi connectivity index (χ0) is 17.4.